The molecule has 1 aliphatic carbocycles. The van der Waals surface area contributed by atoms with E-state index >= 15 is 0 Å². The molecule has 3 amide bonds. The smallest absolute Gasteiger partial charge is 0.323 e. The number of fused-ring (bicyclic) bond motifs is 2. The normalized spacial score (nSPS) is 24.4. The highest BCUT2D eigenvalue weighted by molar-refractivity contribution is 6.33. The summed E-state index contributed by atoms with van der Waals surface area (Å²) in [6.45, 7) is 5.61. The molecule has 2 aromatic carbocycles. The lowest BCUT2D eigenvalue weighted by molar-refractivity contribution is -0.172. The minimum atomic E-state index is -4.63. The fourth-order valence-electron chi connectivity index (χ4n) is 5.30. The molecule has 1 saturated heterocycles. The molecular formula is C26H26ClF3N2O3. The molecule has 0 aromatic heterocycles. The van der Waals surface area contributed by atoms with E-state index in [4.69, 9.17) is 11.6 Å². The van der Waals surface area contributed by atoms with Crippen LogP contribution in [0, 0.1) is 16.7 Å². The van der Waals surface area contributed by atoms with Crippen LogP contribution in [0.3, 0.4) is 0 Å². The third-order valence-electron chi connectivity index (χ3n) is 7.89. The van der Waals surface area contributed by atoms with Gasteiger partial charge >= 0.3 is 6.18 Å². The van der Waals surface area contributed by atoms with E-state index in [1.807, 2.05) is 20.8 Å². The highest BCUT2D eigenvalue weighted by atomic mass is 35.5. The predicted molar refractivity (Wildman–Crippen MR) is 125 cm³/mol. The van der Waals surface area contributed by atoms with Gasteiger partial charge in [0.1, 0.15) is 6.04 Å². The maximum absolute atomic E-state index is 13.7. The number of carbonyl (C=O) groups is 3. The van der Waals surface area contributed by atoms with E-state index < -0.39 is 52.3 Å². The van der Waals surface area contributed by atoms with E-state index in [1.54, 1.807) is 30.3 Å². The lowest BCUT2D eigenvalue weighted by Gasteiger charge is -2.49. The third kappa shape index (κ3) is 4.22. The van der Waals surface area contributed by atoms with Crippen molar-refractivity contribution in [3.63, 3.8) is 0 Å². The van der Waals surface area contributed by atoms with E-state index in [1.165, 1.54) is 0 Å². The van der Waals surface area contributed by atoms with Gasteiger partial charge in [-0.1, -0.05) is 62.7 Å². The fraction of sp³-hybridized carbons (Fsp3) is 0.423. The van der Waals surface area contributed by atoms with Crippen molar-refractivity contribution in [1.82, 2.24) is 4.90 Å². The monoisotopic (exact) mass is 506 g/mol. The van der Waals surface area contributed by atoms with Gasteiger partial charge in [-0.2, -0.15) is 13.2 Å². The van der Waals surface area contributed by atoms with Crippen molar-refractivity contribution in [2.45, 2.75) is 52.3 Å². The molecule has 9 heteroatoms. The first kappa shape index (κ1) is 25.2. The first-order valence-electron chi connectivity index (χ1n) is 11.4. The summed E-state index contributed by atoms with van der Waals surface area (Å²) >= 11 is 6.08. The summed E-state index contributed by atoms with van der Waals surface area (Å²) in [4.78, 5) is 41.8. The minimum Gasteiger partial charge on any atom is -0.323 e. The zero-order valence-corrected chi connectivity index (χ0v) is 20.3. The molecule has 5 nitrogen and oxygen atoms in total. The van der Waals surface area contributed by atoms with Crippen LogP contribution in [0.15, 0.2) is 48.5 Å². The number of amides is 3. The Balaban J connectivity index is 1.73. The van der Waals surface area contributed by atoms with Gasteiger partial charge in [0, 0.05) is 12.3 Å². The average molecular weight is 507 g/mol. The van der Waals surface area contributed by atoms with E-state index in [2.05, 4.69) is 5.32 Å². The van der Waals surface area contributed by atoms with Gasteiger partial charge in [-0.3, -0.25) is 19.3 Å². The number of nitrogens with one attached hydrogen (secondary N) is 1. The van der Waals surface area contributed by atoms with Crippen LogP contribution in [0.1, 0.15) is 44.7 Å². The van der Waals surface area contributed by atoms with Crippen LogP contribution in [0.5, 0.6) is 0 Å². The van der Waals surface area contributed by atoms with Gasteiger partial charge in [-0.05, 0) is 42.0 Å². The van der Waals surface area contributed by atoms with Crippen LogP contribution < -0.4 is 5.32 Å². The Kier molecular flexibility index (Phi) is 6.24. The SMILES string of the molecule is CC12CCC(C(=O)N(C(Cc3ccccc3)C(=O)Nc3cc(C(F)(F)F)ccc3Cl)C1=O)C2(C)C. The molecule has 2 aromatic rings. The van der Waals surface area contributed by atoms with Crippen molar-refractivity contribution in [2.75, 3.05) is 5.32 Å². The second kappa shape index (κ2) is 8.66. The first-order valence-corrected chi connectivity index (χ1v) is 11.7. The summed E-state index contributed by atoms with van der Waals surface area (Å²) < 4.78 is 39.7. The second-order valence-electron chi connectivity index (χ2n) is 10.0. The number of hydrogen-bond acceptors (Lipinski definition) is 3. The van der Waals surface area contributed by atoms with Crippen LogP contribution in [0.2, 0.25) is 5.02 Å². The van der Waals surface area contributed by atoms with Gasteiger partial charge in [0.15, 0.2) is 0 Å². The summed E-state index contributed by atoms with van der Waals surface area (Å²) in [5, 5.41) is 2.36. The molecule has 2 fully saturated rings. The fourth-order valence-corrected chi connectivity index (χ4v) is 5.46. The summed E-state index contributed by atoms with van der Waals surface area (Å²) in [5.41, 5.74) is -1.93. The Labute approximate surface area is 206 Å². The van der Waals surface area contributed by atoms with Crippen molar-refractivity contribution >= 4 is 35.0 Å². The number of carbonyl (C=O) groups excluding carboxylic acids is 3. The molecule has 4 rings (SSSR count). The Bertz CT molecular complexity index is 1180. The van der Waals surface area contributed by atoms with Crippen LogP contribution in [0.4, 0.5) is 18.9 Å². The highest BCUT2D eigenvalue weighted by Gasteiger charge is 2.65. The highest BCUT2D eigenvalue weighted by Crippen LogP contribution is 2.60. The number of nitrogens with zero attached hydrogens (tertiary/aromatic N) is 1. The van der Waals surface area contributed by atoms with Gasteiger partial charge in [0.2, 0.25) is 17.7 Å². The van der Waals surface area contributed by atoms with Crippen molar-refractivity contribution < 1.29 is 27.6 Å². The van der Waals surface area contributed by atoms with Gasteiger partial charge in [0.25, 0.3) is 0 Å². The van der Waals surface area contributed by atoms with Crippen molar-refractivity contribution in [3.8, 4) is 0 Å². The Hall–Kier alpha value is -2.87. The Morgan fingerprint density at radius 1 is 1.14 bits per heavy atom. The molecule has 3 atom stereocenters. The van der Waals surface area contributed by atoms with Gasteiger partial charge in [-0.25, -0.2) is 0 Å². The summed E-state index contributed by atoms with van der Waals surface area (Å²) in [6.07, 6.45) is -3.57. The van der Waals surface area contributed by atoms with Gasteiger partial charge in [-0.15, -0.1) is 0 Å². The summed E-state index contributed by atoms with van der Waals surface area (Å²) in [6, 6.07) is 10.2. The number of piperidine rings is 1. The second-order valence-corrected chi connectivity index (χ2v) is 10.5. The molecule has 0 radical (unpaired) electrons. The Morgan fingerprint density at radius 3 is 2.43 bits per heavy atom. The van der Waals surface area contributed by atoms with Crippen LogP contribution in [0.25, 0.3) is 0 Å². The number of imide groups is 1. The maximum atomic E-state index is 13.7. The number of benzene rings is 2. The predicted octanol–water partition coefficient (Wildman–Crippen LogP) is 5.72. The molecule has 1 N–H and O–H groups in total. The quantitative estimate of drug-likeness (QED) is 0.527. The van der Waals surface area contributed by atoms with E-state index in [-0.39, 0.29) is 17.1 Å². The molecule has 0 spiro atoms. The van der Waals surface area contributed by atoms with E-state index in [0.29, 0.717) is 18.4 Å². The number of hydrogen-bond donors (Lipinski definition) is 1. The average Bonchev–Trinajstić information content (AvgIpc) is 2.97. The Morgan fingerprint density at radius 2 is 1.80 bits per heavy atom. The molecule has 2 aliphatic rings. The number of anilines is 1. The molecule has 3 unspecified atom stereocenters. The number of halogens is 4. The number of rotatable bonds is 5. The maximum Gasteiger partial charge on any atom is 0.416 e. The zero-order chi connectivity index (χ0) is 25.8. The lowest BCUT2D eigenvalue weighted by atomic mass is 9.62. The molecule has 35 heavy (non-hydrogen) atoms. The lowest BCUT2D eigenvalue weighted by Crippen LogP contribution is -2.64. The molecular weight excluding hydrogens is 481 g/mol. The minimum absolute atomic E-state index is 0.0178. The van der Waals surface area contributed by atoms with Crippen molar-refractivity contribution in [1.29, 1.82) is 0 Å². The molecule has 186 valence electrons. The molecule has 1 aliphatic heterocycles. The zero-order valence-electron chi connectivity index (χ0n) is 19.6. The topological polar surface area (TPSA) is 66.5 Å². The van der Waals surface area contributed by atoms with Gasteiger partial charge in [0.05, 0.1) is 21.7 Å². The summed E-state index contributed by atoms with van der Waals surface area (Å²) in [7, 11) is 0. The van der Waals surface area contributed by atoms with Crippen LogP contribution >= 0.6 is 11.6 Å². The first-order chi connectivity index (χ1) is 16.3. The third-order valence-corrected chi connectivity index (χ3v) is 8.22. The van der Waals surface area contributed by atoms with E-state index in [9.17, 15) is 27.6 Å². The van der Waals surface area contributed by atoms with Crippen LogP contribution in [-0.2, 0) is 27.0 Å². The molecule has 1 saturated carbocycles. The van der Waals surface area contributed by atoms with Crippen LogP contribution in [-0.4, -0.2) is 28.7 Å². The summed E-state index contributed by atoms with van der Waals surface area (Å²) in [5.74, 6) is -2.08. The largest absolute Gasteiger partial charge is 0.416 e. The van der Waals surface area contributed by atoms with Gasteiger partial charge < -0.3 is 5.32 Å². The molecule has 2 bridgehead atoms. The number of likely N-dealkylation sites (tertiary alicyclic amines) is 1. The van der Waals surface area contributed by atoms with Crippen molar-refractivity contribution in [3.05, 3.63) is 64.7 Å². The van der Waals surface area contributed by atoms with Crippen molar-refractivity contribution in [2.24, 2.45) is 16.7 Å². The molecule has 1 heterocycles. The van der Waals surface area contributed by atoms with E-state index in [0.717, 1.165) is 23.1 Å². The standard InChI is InChI=1S/C26H26ClF3N2O3/c1-24(2)17-11-12-25(24,3)23(35)32(22(17)34)20(13-15-7-5-4-6-8-15)21(33)31-19-14-16(26(28,29)30)9-10-18(19)27/h4-10,14,17,20H,11-13H2,1-3H3,(H,31,33). The number of alkyl halides is 3.